The maximum Gasteiger partial charge on any atom is 0.0718 e. The summed E-state index contributed by atoms with van der Waals surface area (Å²) in [5.41, 5.74) is 0.601. The SMILES string of the molecule is N#C[C@@]12[C@H]3C[C@H](C45CC6CC(CC(C6)C4)C5)N=C[C@@H]1[C@@H]2C3. The predicted molar refractivity (Wildman–Crippen MR) is 80.6 cm³/mol. The number of fused-ring (bicyclic) bond motifs is 1. The van der Waals surface area contributed by atoms with Crippen LogP contribution in [0.25, 0.3) is 0 Å². The molecule has 1 heterocycles. The van der Waals surface area contributed by atoms with Crippen LogP contribution in [-0.4, -0.2) is 12.3 Å². The summed E-state index contributed by atoms with van der Waals surface area (Å²) in [4.78, 5) is 5.13. The molecule has 1 aliphatic heterocycles. The molecule has 110 valence electrons. The average Bonchev–Trinajstić information content (AvgIpc) is 2.95. The largest absolute Gasteiger partial charge is 0.293 e. The maximum atomic E-state index is 9.63. The lowest BCUT2D eigenvalue weighted by atomic mass is 9.47. The predicted octanol–water partition coefficient (Wildman–Crippen LogP) is 3.82. The van der Waals surface area contributed by atoms with Gasteiger partial charge in [0.2, 0.25) is 0 Å². The van der Waals surface area contributed by atoms with Gasteiger partial charge < -0.3 is 0 Å². The molecule has 0 spiro atoms. The molecule has 0 unspecified atom stereocenters. The first-order chi connectivity index (χ1) is 10.2. The van der Waals surface area contributed by atoms with E-state index in [0.717, 1.165) is 17.8 Å². The minimum atomic E-state index is 0.0561. The van der Waals surface area contributed by atoms with Crippen molar-refractivity contribution in [3.05, 3.63) is 0 Å². The lowest BCUT2D eigenvalue weighted by molar-refractivity contribution is -0.0726. The van der Waals surface area contributed by atoms with Gasteiger partial charge in [-0.05, 0) is 86.4 Å². The lowest BCUT2D eigenvalue weighted by Crippen LogP contribution is -2.52. The minimum absolute atomic E-state index is 0.0561. The molecule has 6 aliphatic carbocycles. The van der Waals surface area contributed by atoms with Gasteiger partial charge >= 0.3 is 0 Å². The van der Waals surface area contributed by atoms with Crippen molar-refractivity contribution in [1.29, 1.82) is 5.26 Å². The van der Waals surface area contributed by atoms with Crippen LogP contribution < -0.4 is 0 Å². The lowest BCUT2D eigenvalue weighted by Gasteiger charge is -2.59. The second kappa shape index (κ2) is 3.39. The zero-order valence-electron chi connectivity index (χ0n) is 12.7. The van der Waals surface area contributed by atoms with Gasteiger partial charge in [-0.2, -0.15) is 5.26 Å². The number of hydrogen-bond acceptors (Lipinski definition) is 2. The molecule has 21 heavy (non-hydrogen) atoms. The standard InChI is InChI=1S/C19H24N2/c20-10-19-14-4-15(19)16(19)9-21-17(5-14)18-6-11-1-12(7-18)3-13(2-11)8-18/h9,11-17H,1-8H2/t11?,12?,13?,14-,15+,16-,17-,18?,19+/m1/s1. The average molecular weight is 280 g/mol. The van der Waals surface area contributed by atoms with Crippen molar-refractivity contribution >= 4 is 6.21 Å². The third-order valence-corrected chi connectivity index (χ3v) is 8.62. The first-order valence-electron chi connectivity index (χ1n) is 9.18. The van der Waals surface area contributed by atoms with E-state index in [2.05, 4.69) is 12.3 Å². The second-order valence-corrected chi connectivity index (χ2v) is 9.44. The van der Waals surface area contributed by atoms with Crippen molar-refractivity contribution in [1.82, 2.24) is 0 Å². The van der Waals surface area contributed by atoms with E-state index in [-0.39, 0.29) is 5.41 Å². The van der Waals surface area contributed by atoms with Gasteiger partial charge in [-0.1, -0.05) is 0 Å². The molecule has 5 atom stereocenters. The molecule has 4 bridgehead atoms. The van der Waals surface area contributed by atoms with E-state index in [9.17, 15) is 5.26 Å². The summed E-state index contributed by atoms with van der Waals surface area (Å²) in [6.07, 6.45) is 13.8. The molecule has 6 fully saturated rings. The van der Waals surface area contributed by atoms with Crippen molar-refractivity contribution in [2.75, 3.05) is 0 Å². The van der Waals surface area contributed by atoms with Crippen LogP contribution in [0.15, 0.2) is 4.99 Å². The van der Waals surface area contributed by atoms with Crippen LogP contribution in [0.5, 0.6) is 0 Å². The fraction of sp³-hybridized carbons (Fsp3) is 0.895. The summed E-state index contributed by atoms with van der Waals surface area (Å²) < 4.78 is 0. The molecule has 2 heteroatoms. The highest BCUT2D eigenvalue weighted by atomic mass is 14.9. The van der Waals surface area contributed by atoms with Gasteiger partial charge in [0, 0.05) is 12.1 Å². The van der Waals surface area contributed by atoms with Gasteiger partial charge in [-0.3, -0.25) is 4.99 Å². The summed E-state index contributed by atoms with van der Waals surface area (Å²) in [5, 5.41) is 9.63. The van der Waals surface area contributed by atoms with E-state index in [1.807, 2.05) is 0 Å². The van der Waals surface area contributed by atoms with Crippen LogP contribution in [-0.2, 0) is 0 Å². The fourth-order valence-electron chi connectivity index (χ4n) is 8.06. The van der Waals surface area contributed by atoms with Crippen molar-refractivity contribution < 1.29 is 0 Å². The molecule has 0 saturated heterocycles. The zero-order valence-corrected chi connectivity index (χ0v) is 12.7. The number of nitriles is 1. The molecule has 0 aromatic rings. The minimum Gasteiger partial charge on any atom is -0.293 e. The van der Waals surface area contributed by atoms with Gasteiger partial charge in [0.1, 0.15) is 0 Å². The van der Waals surface area contributed by atoms with Crippen LogP contribution in [0.3, 0.4) is 0 Å². The smallest absolute Gasteiger partial charge is 0.0718 e. The Bertz CT molecular complexity index is 550. The van der Waals surface area contributed by atoms with Crippen molar-refractivity contribution in [2.24, 2.45) is 51.3 Å². The molecule has 6 saturated carbocycles. The Kier molecular flexibility index (Phi) is 1.89. The van der Waals surface area contributed by atoms with Crippen LogP contribution >= 0.6 is 0 Å². The number of hydrogen-bond donors (Lipinski definition) is 0. The summed E-state index contributed by atoms with van der Waals surface area (Å²) >= 11 is 0. The number of nitrogens with zero attached hydrogens (tertiary/aromatic N) is 2. The van der Waals surface area contributed by atoms with Gasteiger partial charge in [0.15, 0.2) is 0 Å². The highest BCUT2D eigenvalue weighted by molar-refractivity contribution is 5.72. The first kappa shape index (κ1) is 11.7. The molecule has 7 rings (SSSR count). The van der Waals surface area contributed by atoms with Crippen LogP contribution in [0.1, 0.15) is 51.4 Å². The molecule has 0 radical (unpaired) electrons. The summed E-state index contributed by atoms with van der Waals surface area (Å²) in [6, 6.07) is 3.26. The quantitative estimate of drug-likeness (QED) is 0.719. The van der Waals surface area contributed by atoms with Crippen molar-refractivity contribution in [2.45, 2.75) is 57.4 Å². The first-order valence-corrected chi connectivity index (χ1v) is 9.18. The fourth-order valence-corrected chi connectivity index (χ4v) is 8.06. The van der Waals surface area contributed by atoms with Gasteiger partial charge in [-0.15, -0.1) is 0 Å². The third kappa shape index (κ3) is 1.21. The summed E-state index contributed by atoms with van der Waals surface area (Å²) in [5.74, 6) is 4.95. The van der Waals surface area contributed by atoms with E-state index in [4.69, 9.17) is 4.99 Å². The molecular weight excluding hydrogens is 256 g/mol. The van der Waals surface area contributed by atoms with E-state index < -0.39 is 0 Å². The Morgan fingerprint density at radius 1 is 0.952 bits per heavy atom. The van der Waals surface area contributed by atoms with Crippen molar-refractivity contribution in [3.63, 3.8) is 0 Å². The Balaban J connectivity index is 1.35. The topological polar surface area (TPSA) is 36.1 Å². The third-order valence-electron chi connectivity index (χ3n) is 8.62. The molecule has 0 N–H and O–H groups in total. The molecule has 7 aliphatic rings. The number of rotatable bonds is 1. The summed E-state index contributed by atoms with van der Waals surface area (Å²) in [6.45, 7) is 0. The van der Waals surface area contributed by atoms with Crippen LogP contribution in [0.2, 0.25) is 0 Å². The Morgan fingerprint density at radius 3 is 2.24 bits per heavy atom. The Hall–Kier alpha value is -0.840. The second-order valence-electron chi connectivity index (χ2n) is 9.44. The van der Waals surface area contributed by atoms with E-state index in [1.165, 1.54) is 51.4 Å². The zero-order chi connectivity index (χ0) is 13.8. The molecule has 0 aromatic carbocycles. The Labute approximate surface area is 127 Å². The van der Waals surface area contributed by atoms with Crippen molar-refractivity contribution in [3.8, 4) is 6.07 Å². The summed E-state index contributed by atoms with van der Waals surface area (Å²) in [7, 11) is 0. The van der Waals surface area contributed by atoms with Gasteiger partial charge in [0.25, 0.3) is 0 Å². The van der Waals surface area contributed by atoms with Crippen LogP contribution in [0, 0.1) is 57.7 Å². The van der Waals surface area contributed by atoms with Crippen LogP contribution in [0.4, 0.5) is 0 Å². The normalized spacial score (nSPS) is 65.2. The highest BCUT2D eigenvalue weighted by Crippen LogP contribution is 2.77. The molecule has 0 amide bonds. The van der Waals surface area contributed by atoms with Gasteiger partial charge in [-0.25, -0.2) is 0 Å². The molecule has 2 nitrogen and oxygen atoms in total. The molecule has 0 aromatic heterocycles. The highest BCUT2D eigenvalue weighted by Gasteiger charge is 2.77. The number of aliphatic imine (C=N–C) groups is 1. The van der Waals surface area contributed by atoms with E-state index >= 15 is 0 Å². The monoisotopic (exact) mass is 280 g/mol. The van der Waals surface area contributed by atoms with E-state index in [0.29, 0.717) is 29.2 Å². The van der Waals surface area contributed by atoms with Gasteiger partial charge in [0.05, 0.1) is 17.5 Å². The Morgan fingerprint density at radius 2 is 1.62 bits per heavy atom. The molecular formula is C19H24N2. The maximum absolute atomic E-state index is 9.63. The van der Waals surface area contributed by atoms with E-state index in [1.54, 1.807) is 0 Å².